The first-order valence-electron chi connectivity index (χ1n) is 2.21. The molecule has 32 valence electrons. The van der Waals surface area contributed by atoms with Crippen LogP contribution < -0.4 is 175 Å². The van der Waals surface area contributed by atoms with E-state index in [9.17, 15) is 0 Å². The first-order chi connectivity index (χ1) is 2.41. The molecule has 8 heavy (non-hydrogen) atoms. The molecular formula is C5H11Rb3+2. The van der Waals surface area contributed by atoms with E-state index >= 15 is 0 Å². The Morgan fingerprint density at radius 2 is 1.50 bits per heavy atom. The molecule has 0 unspecified atom stereocenters. The fraction of sp³-hybridized carbons (Fsp3) is 0.800. The zero-order valence-electron chi connectivity index (χ0n) is 6.83. The van der Waals surface area contributed by atoms with Gasteiger partial charge in [-0.1, -0.05) is 19.8 Å². The Labute approximate surface area is 200 Å². The van der Waals surface area contributed by atoms with Gasteiger partial charge in [0.2, 0.25) is 0 Å². The summed E-state index contributed by atoms with van der Waals surface area (Å²) in [7, 11) is 0. The van der Waals surface area contributed by atoms with Crippen LogP contribution in [0.2, 0.25) is 0 Å². The summed E-state index contributed by atoms with van der Waals surface area (Å²) in [4.78, 5) is 0. The fourth-order valence-corrected chi connectivity index (χ4v) is 0.250. The third-order valence-corrected chi connectivity index (χ3v) is 0.604. The predicted octanol–water partition coefficient (Wildman–Crippen LogP) is -6.98. The average Bonchev–Trinajstić information content (AvgIpc) is 1.41. The van der Waals surface area contributed by atoms with Gasteiger partial charge in [-0.2, -0.15) is 6.42 Å². The van der Waals surface area contributed by atoms with Gasteiger partial charge in [-0.3, -0.25) is 0 Å². The molecule has 0 nitrogen and oxygen atoms in total. The summed E-state index contributed by atoms with van der Waals surface area (Å²) in [6, 6.07) is 0. The zero-order chi connectivity index (χ0) is 4.12. The molecule has 0 aromatic carbocycles. The molecule has 0 aromatic rings. The first-order valence-corrected chi connectivity index (χ1v) is 2.21. The topological polar surface area (TPSA) is 0 Å². The van der Waals surface area contributed by atoms with Crippen LogP contribution in [-0.2, 0) is 0 Å². The molecule has 0 atom stereocenters. The normalized spacial score (nSPS) is 5.25. The van der Waals surface area contributed by atoms with Crippen LogP contribution in [0.1, 0.15) is 26.2 Å². The van der Waals surface area contributed by atoms with Crippen LogP contribution in [0.4, 0.5) is 0 Å². The van der Waals surface area contributed by atoms with Gasteiger partial charge in [0.25, 0.3) is 0 Å². The number of rotatable bonds is 2. The molecule has 0 amide bonds. The van der Waals surface area contributed by atoms with Crippen molar-refractivity contribution in [1.29, 1.82) is 0 Å². The van der Waals surface area contributed by atoms with E-state index in [1.54, 1.807) is 0 Å². The summed E-state index contributed by atoms with van der Waals surface area (Å²) in [6.07, 6.45) is 3.65. The van der Waals surface area contributed by atoms with Gasteiger partial charge in [-0.25, -0.2) is 0 Å². The van der Waals surface area contributed by atoms with Gasteiger partial charge in [-0.15, -0.1) is 0 Å². The summed E-state index contributed by atoms with van der Waals surface area (Å²) >= 11 is 0. The van der Waals surface area contributed by atoms with Crippen LogP contribution in [0.15, 0.2) is 0 Å². The van der Waals surface area contributed by atoms with Crippen molar-refractivity contribution in [3.05, 3.63) is 6.92 Å². The second-order valence-corrected chi connectivity index (χ2v) is 1.21. The average molecular weight is 328 g/mol. The molecule has 0 spiro atoms. The van der Waals surface area contributed by atoms with Crippen LogP contribution in [-0.4, -0.2) is 0 Å². The summed E-state index contributed by atoms with van der Waals surface area (Å²) in [5.41, 5.74) is 0. The van der Waals surface area contributed by atoms with E-state index in [1.807, 2.05) is 0 Å². The van der Waals surface area contributed by atoms with Crippen molar-refractivity contribution in [1.82, 2.24) is 0 Å². The molecule has 0 rings (SSSR count). The molecule has 0 aromatic heterocycles. The molecule has 0 saturated heterocycles. The van der Waals surface area contributed by atoms with Crippen LogP contribution in [0.5, 0.6) is 0 Å². The van der Waals surface area contributed by atoms with Crippen molar-refractivity contribution in [2.75, 3.05) is 0 Å². The van der Waals surface area contributed by atoms with Gasteiger partial charge in [0.05, 0.1) is 0 Å². The second-order valence-electron chi connectivity index (χ2n) is 1.21. The van der Waals surface area contributed by atoms with E-state index in [-0.39, 0.29) is 175 Å². The Kier molecular flexibility index (Phi) is 66.6. The Bertz CT molecular complexity index is 15.1. The van der Waals surface area contributed by atoms with E-state index in [4.69, 9.17) is 0 Å². The minimum atomic E-state index is 0. The zero-order valence-corrected chi connectivity index (χ0v) is 21.6. The quantitative estimate of drug-likeness (QED) is 0.442. The molecule has 3 heteroatoms. The molecule has 0 aliphatic carbocycles. The maximum atomic E-state index is 3.68. The Morgan fingerprint density at radius 1 is 1.12 bits per heavy atom. The molecule has 0 aliphatic rings. The summed E-state index contributed by atoms with van der Waals surface area (Å²) in [5, 5.41) is 0. The molecule has 0 heterocycles. The number of unbranched alkanes of at least 4 members (excludes halogenated alkanes) is 2. The van der Waals surface area contributed by atoms with E-state index in [0.29, 0.717) is 0 Å². The number of hydrogen-bond acceptors (Lipinski definition) is 0. The Hall–Kier alpha value is 5.42. The van der Waals surface area contributed by atoms with Crippen molar-refractivity contribution in [3.8, 4) is 0 Å². The molecule has 0 bridgehead atoms. The largest absolute Gasteiger partial charge is 1.00 e. The second kappa shape index (κ2) is 22.8. The fourth-order valence-electron chi connectivity index (χ4n) is 0.250. The van der Waals surface area contributed by atoms with Gasteiger partial charge in [0, 0.05) is 0 Å². The summed E-state index contributed by atoms with van der Waals surface area (Å²) in [5.74, 6) is 0. The van der Waals surface area contributed by atoms with Gasteiger partial charge < -0.3 is 6.92 Å². The van der Waals surface area contributed by atoms with E-state index in [2.05, 4.69) is 13.8 Å². The van der Waals surface area contributed by atoms with E-state index in [0.717, 1.165) is 6.42 Å². The van der Waals surface area contributed by atoms with Gasteiger partial charge >= 0.3 is 175 Å². The molecule has 0 aliphatic heterocycles. The minimum absolute atomic E-state index is 0. The van der Waals surface area contributed by atoms with Crippen molar-refractivity contribution >= 4 is 0 Å². The van der Waals surface area contributed by atoms with Crippen molar-refractivity contribution in [3.63, 3.8) is 0 Å². The SMILES string of the molecule is [CH2-]CCCC.[Rb+].[Rb+].[Rb+]. The first kappa shape index (κ1) is 23.3. The van der Waals surface area contributed by atoms with Crippen molar-refractivity contribution in [2.24, 2.45) is 0 Å². The number of hydrogen-bond donors (Lipinski definition) is 0. The molecule has 0 fully saturated rings. The van der Waals surface area contributed by atoms with Gasteiger partial charge in [0.15, 0.2) is 0 Å². The van der Waals surface area contributed by atoms with Crippen LogP contribution in [0, 0.1) is 6.92 Å². The summed E-state index contributed by atoms with van der Waals surface area (Å²) < 4.78 is 0. The molecule has 0 saturated carbocycles. The standard InChI is InChI=1S/C5H11.3Rb/c1-3-5-4-2;;;/h1,3-5H2,2H3;;;/q-1;3*+1. The van der Waals surface area contributed by atoms with Crippen LogP contribution >= 0.6 is 0 Å². The maximum Gasteiger partial charge on any atom is 1.00 e. The molecular weight excluding hydrogens is 316 g/mol. The monoisotopic (exact) mass is 326 g/mol. The summed E-state index contributed by atoms with van der Waals surface area (Å²) in [6.45, 7) is 5.85. The van der Waals surface area contributed by atoms with E-state index < -0.39 is 0 Å². The van der Waals surface area contributed by atoms with Crippen LogP contribution in [0.25, 0.3) is 0 Å². The maximum absolute atomic E-state index is 3.68. The van der Waals surface area contributed by atoms with Crippen molar-refractivity contribution < 1.29 is 175 Å². The third-order valence-electron chi connectivity index (χ3n) is 0.604. The smallest absolute Gasteiger partial charge is 0.343 e. The Morgan fingerprint density at radius 3 is 1.50 bits per heavy atom. The molecule has 0 N–H and O–H groups in total. The molecule has 0 radical (unpaired) electrons. The van der Waals surface area contributed by atoms with Crippen LogP contribution in [0.3, 0.4) is 0 Å². The third kappa shape index (κ3) is 22.5. The van der Waals surface area contributed by atoms with Gasteiger partial charge in [-0.05, 0) is 0 Å². The van der Waals surface area contributed by atoms with Crippen molar-refractivity contribution in [2.45, 2.75) is 26.2 Å². The Balaban J connectivity index is -0.0000000267. The predicted molar refractivity (Wildman–Crippen MR) is 24.9 cm³/mol. The van der Waals surface area contributed by atoms with E-state index in [1.165, 1.54) is 12.8 Å². The minimum Gasteiger partial charge on any atom is -0.343 e. The van der Waals surface area contributed by atoms with Gasteiger partial charge in [0.1, 0.15) is 0 Å².